The van der Waals surface area contributed by atoms with Crippen molar-refractivity contribution in [1.82, 2.24) is 0 Å². The topological polar surface area (TPSA) is 144 Å². The monoisotopic (exact) mass is 605 g/mol. The summed E-state index contributed by atoms with van der Waals surface area (Å²) in [6.07, 6.45) is -3.19. The molecule has 2 aliphatic rings. The Morgan fingerprint density at radius 2 is 1.70 bits per heavy atom. The van der Waals surface area contributed by atoms with Crippen molar-refractivity contribution < 1.29 is 46.8 Å². The number of carbonyl (C=O) groups is 1. The van der Waals surface area contributed by atoms with Crippen LogP contribution in [0.4, 0.5) is 18.9 Å². The van der Waals surface area contributed by atoms with E-state index in [0.29, 0.717) is 18.6 Å². The lowest BCUT2D eigenvalue weighted by Gasteiger charge is -2.48. The van der Waals surface area contributed by atoms with Crippen molar-refractivity contribution in [3.05, 3.63) is 58.4 Å². The summed E-state index contributed by atoms with van der Waals surface area (Å²) >= 11 is 6.24. The van der Waals surface area contributed by atoms with Crippen LogP contribution < -0.4 is 5.32 Å². The van der Waals surface area contributed by atoms with E-state index in [1.165, 1.54) is 26.0 Å². The molecule has 0 spiro atoms. The van der Waals surface area contributed by atoms with Crippen molar-refractivity contribution in [3.8, 4) is 0 Å². The highest BCUT2D eigenvalue weighted by atomic mass is 35.5. The number of carbonyl (C=O) groups excluding carboxylic acids is 1. The summed E-state index contributed by atoms with van der Waals surface area (Å²) < 4.78 is 67.9. The van der Waals surface area contributed by atoms with Gasteiger partial charge < -0.3 is 25.7 Å². The van der Waals surface area contributed by atoms with Crippen molar-refractivity contribution in [3.63, 3.8) is 0 Å². The molecule has 40 heavy (non-hydrogen) atoms. The minimum atomic E-state index is -4.20. The molecule has 4 rings (SSSR count). The summed E-state index contributed by atoms with van der Waals surface area (Å²) in [5, 5.41) is 44.2. The average Bonchev–Trinajstić information content (AvgIpc) is 2.98. The second-order valence-electron chi connectivity index (χ2n) is 11.4. The molecule has 0 radical (unpaired) electrons. The lowest BCUT2D eigenvalue weighted by molar-refractivity contribution is -0.209. The minimum absolute atomic E-state index is 0.0732. The maximum absolute atomic E-state index is 13.8. The zero-order chi connectivity index (χ0) is 29.9. The van der Waals surface area contributed by atoms with Crippen LogP contribution in [0.2, 0.25) is 5.02 Å². The molecular formula is C27H31ClF3NO7S. The summed E-state index contributed by atoms with van der Waals surface area (Å²) in [6, 6.07) is 4.59. The van der Waals surface area contributed by atoms with E-state index in [1.807, 2.05) is 6.92 Å². The molecule has 0 heterocycles. The molecule has 0 saturated heterocycles. The fraction of sp³-hybridized carbons (Fsp3) is 0.519. The maximum Gasteiger partial charge on any atom is 0.255 e. The normalized spacial score (nSPS) is 28.3. The predicted molar refractivity (Wildman–Crippen MR) is 140 cm³/mol. The van der Waals surface area contributed by atoms with Crippen molar-refractivity contribution in [1.29, 1.82) is 0 Å². The molecule has 2 aromatic rings. The van der Waals surface area contributed by atoms with Gasteiger partial charge in [0.1, 0.15) is 12.2 Å². The first-order valence-corrected chi connectivity index (χ1v) is 14.6. The number of anilines is 1. The third kappa shape index (κ3) is 5.25. The Bertz CT molecular complexity index is 1410. The summed E-state index contributed by atoms with van der Waals surface area (Å²) in [5.74, 6) is -7.32. The van der Waals surface area contributed by atoms with E-state index >= 15 is 0 Å². The Balaban J connectivity index is 1.61. The van der Waals surface area contributed by atoms with Gasteiger partial charge in [0.25, 0.3) is 5.91 Å². The first-order valence-electron chi connectivity index (χ1n) is 12.7. The Hall–Kier alpha value is -2.22. The number of amides is 1. The molecule has 2 bridgehead atoms. The van der Waals surface area contributed by atoms with Gasteiger partial charge in [-0.05, 0) is 69.1 Å². The quantitative estimate of drug-likeness (QED) is 0.304. The van der Waals surface area contributed by atoms with Gasteiger partial charge >= 0.3 is 0 Å². The van der Waals surface area contributed by atoms with Crippen LogP contribution in [0.5, 0.6) is 0 Å². The van der Waals surface area contributed by atoms with E-state index in [4.69, 9.17) is 11.6 Å². The number of halogens is 4. The minimum Gasteiger partial charge on any atom is -0.388 e. The van der Waals surface area contributed by atoms with Gasteiger partial charge in [0.15, 0.2) is 27.3 Å². The van der Waals surface area contributed by atoms with Crippen LogP contribution in [0.3, 0.4) is 0 Å². The Morgan fingerprint density at radius 1 is 1.10 bits per heavy atom. The number of nitrogens with one attached hydrogen (secondary N) is 1. The van der Waals surface area contributed by atoms with Crippen molar-refractivity contribution >= 4 is 33.0 Å². The molecular weight excluding hydrogens is 575 g/mol. The first kappa shape index (κ1) is 30.7. The lowest BCUT2D eigenvalue weighted by Crippen LogP contribution is -2.63. The van der Waals surface area contributed by atoms with Crippen molar-refractivity contribution in [2.24, 2.45) is 17.8 Å². The largest absolute Gasteiger partial charge is 0.388 e. The second-order valence-corrected chi connectivity index (χ2v) is 14.0. The number of rotatable bonds is 7. The van der Waals surface area contributed by atoms with E-state index in [0.717, 1.165) is 6.07 Å². The summed E-state index contributed by atoms with van der Waals surface area (Å²) in [5.41, 5.74) is -4.14. The smallest absolute Gasteiger partial charge is 0.255 e. The molecule has 5 N–H and O–H groups in total. The molecule has 2 aromatic carbocycles. The van der Waals surface area contributed by atoms with Crippen LogP contribution in [0.25, 0.3) is 0 Å². The molecule has 8 nitrogen and oxygen atoms in total. The van der Waals surface area contributed by atoms with Crippen LogP contribution in [0.15, 0.2) is 35.2 Å². The summed E-state index contributed by atoms with van der Waals surface area (Å²) in [6.45, 7) is 4.40. The third-order valence-electron chi connectivity index (χ3n) is 8.33. The molecule has 2 saturated carbocycles. The highest BCUT2D eigenvalue weighted by molar-refractivity contribution is 7.92. The Labute approximate surface area is 234 Å². The van der Waals surface area contributed by atoms with Gasteiger partial charge in [-0.1, -0.05) is 18.5 Å². The van der Waals surface area contributed by atoms with Crippen molar-refractivity contribution in [2.45, 2.75) is 73.6 Å². The number of aliphatic hydroxyl groups excluding tert-OH is 2. The highest BCUT2D eigenvalue weighted by Gasteiger charge is 2.63. The maximum atomic E-state index is 13.8. The molecule has 0 aromatic heterocycles. The first-order chi connectivity index (χ1) is 18.4. The molecule has 220 valence electrons. The molecule has 1 amide bonds. The number of aliphatic hydroxyl groups is 4. The fourth-order valence-corrected chi connectivity index (χ4v) is 8.57. The number of hydrogen-bond acceptors (Lipinski definition) is 7. The molecule has 13 heteroatoms. The van der Waals surface area contributed by atoms with Gasteiger partial charge in [-0.2, -0.15) is 0 Å². The number of hydrogen-bond donors (Lipinski definition) is 5. The lowest BCUT2D eigenvalue weighted by atomic mass is 9.67. The van der Waals surface area contributed by atoms with E-state index < -0.39 is 73.7 Å². The zero-order valence-electron chi connectivity index (χ0n) is 21.9. The molecule has 2 aliphatic carbocycles. The number of benzene rings is 2. The molecule has 2 fully saturated rings. The van der Waals surface area contributed by atoms with Gasteiger partial charge in [0, 0.05) is 23.4 Å². The molecule has 7 atom stereocenters. The standard InChI is InChI=1S/C27H31ClF3NO7S/c1-12-6-14-8-16(11-17(12)27(14,37)24(34)23(33)26(2,3)36)40(38,39)21-7-13(4-5-18(21)28)25(35)32-15-9-19(29)22(31)20(30)10-15/h4-5,7,9-10,12,14,16-17,23-24,33-34,36-37H,6,8,11H2,1-3H3,(H,32,35)/t12-,14?,16+,17+,23?,24?,27+/m0/s1. The van der Waals surface area contributed by atoms with Crippen LogP contribution in [0.1, 0.15) is 50.4 Å². The van der Waals surface area contributed by atoms with Crippen LogP contribution in [-0.2, 0) is 9.84 Å². The van der Waals surface area contributed by atoms with Crippen LogP contribution in [-0.4, -0.2) is 63.4 Å². The van der Waals surface area contributed by atoms with Crippen LogP contribution in [0, 0.1) is 35.2 Å². The second kappa shape index (κ2) is 10.6. The highest BCUT2D eigenvalue weighted by Crippen LogP contribution is 2.56. The van der Waals surface area contributed by atoms with Gasteiger partial charge in [-0.3, -0.25) is 4.79 Å². The van der Waals surface area contributed by atoms with E-state index in [2.05, 4.69) is 5.32 Å². The van der Waals surface area contributed by atoms with Crippen molar-refractivity contribution in [2.75, 3.05) is 5.32 Å². The van der Waals surface area contributed by atoms with Gasteiger partial charge in [-0.25, -0.2) is 21.6 Å². The van der Waals surface area contributed by atoms with E-state index in [-0.39, 0.29) is 39.9 Å². The van der Waals surface area contributed by atoms with E-state index in [9.17, 15) is 46.8 Å². The predicted octanol–water partition coefficient (Wildman–Crippen LogP) is 3.44. The molecule has 3 unspecified atom stereocenters. The Morgan fingerprint density at radius 3 is 2.25 bits per heavy atom. The van der Waals surface area contributed by atoms with Gasteiger partial charge in [0.2, 0.25) is 0 Å². The Kier molecular flexibility index (Phi) is 8.11. The SMILES string of the molecule is C[C@H]1CC2C[C@@H](S(=O)(=O)c3cc(C(=O)Nc4cc(F)c(F)c(F)c4)ccc3Cl)C[C@H]1[C@@]2(O)C(O)C(O)C(C)(C)O. The number of fused-ring (bicyclic) bond motifs is 2. The third-order valence-corrected chi connectivity index (χ3v) is 11.0. The zero-order valence-corrected chi connectivity index (χ0v) is 23.5. The number of sulfone groups is 1. The van der Waals surface area contributed by atoms with E-state index in [1.54, 1.807) is 0 Å². The summed E-state index contributed by atoms with van der Waals surface area (Å²) in [4.78, 5) is 12.4. The fourth-order valence-electron chi connectivity index (χ4n) is 6.19. The van der Waals surface area contributed by atoms with Gasteiger partial charge in [0.05, 0.1) is 26.4 Å². The molecule has 0 aliphatic heterocycles. The van der Waals surface area contributed by atoms with Crippen LogP contribution >= 0.6 is 11.6 Å². The average molecular weight is 606 g/mol. The van der Waals surface area contributed by atoms with Gasteiger partial charge in [-0.15, -0.1) is 0 Å². The summed E-state index contributed by atoms with van der Waals surface area (Å²) in [7, 11) is -4.20.